The average Bonchev–Trinajstić information content (AvgIpc) is 0.907. The quantitative estimate of drug-likeness (QED) is 0.165. The Morgan fingerprint density at radius 1 is 0.273 bits per heavy atom. The summed E-state index contributed by atoms with van der Waals surface area (Å²) in [7, 11) is 0. The lowest BCUT2D eigenvalue weighted by atomic mass is 9.86. The van der Waals surface area contributed by atoms with E-state index < -0.39 is 301 Å². The summed E-state index contributed by atoms with van der Waals surface area (Å²) in [6.45, 7) is 0. The highest BCUT2D eigenvalue weighted by Crippen LogP contribution is 2.45. The molecular formula is C54H30O. The largest absolute Gasteiger partial charge is 0.456 e. The zero-order chi connectivity index (χ0) is 61.9. The lowest BCUT2D eigenvalue weighted by Crippen LogP contribution is -1.91. The summed E-state index contributed by atoms with van der Waals surface area (Å²) in [5.41, 5.74) is -6.62. The number of hydrogen-bond donors (Lipinski definition) is 0. The fourth-order valence-corrected chi connectivity index (χ4v) is 7.33. The predicted octanol–water partition coefficient (Wildman–Crippen LogP) is 15.5. The lowest BCUT2D eigenvalue weighted by molar-refractivity contribution is 0.669. The molecule has 0 aliphatic rings. The van der Waals surface area contributed by atoms with Gasteiger partial charge in [-0.25, -0.2) is 0 Å². The van der Waals surface area contributed by atoms with Crippen LogP contribution in [0.2, 0.25) is 0 Å². The number of furan rings is 1. The van der Waals surface area contributed by atoms with Gasteiger partial charge in [0.05, 0.1) is 41.1 Å². The van der Waals surface area contributed by atoms with Crippen molar-refractivity contribution in [1.29, 1.82) is 0 Å². The van der Waals surface area contributed by atoms with Crippen LogP contribution in [0.1, 0.15) is 41.1 Å². The van der Waals surface area contributed by atoms with E-state index in [0.717, 1.165) is 0 Å². The van der Waals surface area contributed by atoms with Crippen molar-refractivity contribution in [2.45, 2.75) is 0 Å². The van der Waals surface area contributed by atoms with E-state index in [0.29, 0.717) is 0 Å². The molecule has 0 amide bonds. The third kappa shape index (κ3) is 4.13. The maximum atomic E-state index is 10.3. The smallest absolute Gasteiger partial charge is 0.136 e. The van der Waals surface area contributed by atoms with Crippen LogP contribution >= 0.6 is 0 Å². The van der Waals surface area contributed by atoms with Gasteiger partial charge in [0.1, 0.15) is 11.2 Å². The number of benzene rings is 12. The highest BCUT2D eigenvalue weighted by Gasteiger charge is 2.18. The van der Waals surface area contributed by atoms with Crippen LogP contribution in [0.15, 0.2) is 186 Å². The minimum Gasteiger partial charge on any atom is -0.456 e. The first-order valence-corrected chi connectivity index (χ1v) is 16.7. The molecule has 0 spiro atoms. The fourth-order valence-electron chi connectivity index (χ4n) is 7.33. The number of hydrogen-bond acceptors (Lipinski definition) is 1. The first-order chi connectivity index (χ1) is 39.8. The van der Waals surface area contributed by atoms with Crippen molar-refractivity contribution < 1.29 is 45.5 Å². The van der Waals surface area contributed by atoms with Crippen molar-refractivity contribution >= 4 is 97.3 Å². The van der Waals surface area contributed by atoms with Gasteiger partial charge in [-0.05, 0) is 151 Å². The predicted molar refractivity (Wildman–Crippen MR) is 235 cm³/mol. The summed E-state index contributed by atoms with van der Waals surface area (Å²) in [5.74, 6) is 0. The van der Waals surface area contributed by atoms with Crippen molar-refractivity contribution in [3.8, 4) is 33.4 Å². The molecule has 0 radical (unpaired) electrons. The molecule has 1 heteroatoms. The van der Waals surface area contributed by atoms with E-state index in [4.69, 9.17) is 25.0 Å². The Kier molecular flexibility index (Phi) is 2.52. The summed E-state index contributed by atoms with van der Waals surface area (Å²) in [4.78, 5) is 0. The molecule has 252 valence electrons. The summed E-state index contributed by atoms with van der Waals surface area (Å²) in [6, 6.07) is -26.2. The molecule has 0 unspecified atom stereocenters. The minimum absolute atomic E-state index is 0.363. The van der Waals surface area contributed by atoms with E-state index >= 15 is 0 Å². The molecule has 55 heavy (non-hydrogen) atoms. The van der Waals surface area contributed by atoms with Crippen molar-refractivity contribution in [3.63, 3.8) is 0 Å². The fraction of sp³-hybridized carbons (Fsp3) is 0. The van der Waals surface area contributed by atoms with Gasteiger partial charge in [0.2, 0.25) is 0 Å². The molecule has 12 aromatic carbocycles. The highest BCUT2D eigenvalue weighted by molar-refractivity contribution is 6.27. The van der Waals surface area contributed by atoms with Gasteiger partial charge in [0, 0.05) is 10.8 Å². The average molecular weight is 725 g/mol. The van der Waals surface area contributed by atoms with E-state index in [1.807, 2.05) is 0 Å². The van der Waals surface area contributed by atoms with Crippen LogP contribution in [0, 0.1) is 0 Å². The zero-order valence-electron chi connectivity index (χ0n) is 57.4. The third-order valence-electron chi connectivity index (χ3n) is 9.76. The third-order valence-corrected chi connectivity index (χ3v) is 9.76. The zero-order valence-corrected chi connectivity index (χ0v) is 27.4. The molecule has 0 saturated heterocycles. The molecule has 13 rings (SSSR count). The molecule has 0 aliphatic carbocycles. The van der Waals surface area contributed by atoms with Gasteiger partial charge in [0.15, 0.2) is 0 Å². The van der Waals surface area contributed by atoms with E-state index in [1.54, 1.807) is 0 Å². The van der Waals surface area contributed by atoms with Crippen LogP contribution < -0.4 is 0 Å². The molecule has 1 aromatic heterocycles. The van der Waals surface area contributed by atoms with Gasteiger partial charge in [-0.2, -0.15) is 0 Å². The molecule has 13 aromatic rings. The van der Waals surface area contributed by atoms with E-state index in [9.17, 15) is 20.6 Å². The maximum Gasteiger partial charge on any atom is 0.136 e. The second kappa shape index (κ2) is 10.7. The Balaban J connectivity index is 1.32. The van der Waals surface area contributed by atoms with Crippen LogP contribution in [0.4, 0.5) is 0 Å². The van der Waals surface area contributed by atoms with Crippen LogP contribution in [0.5, 0.6) is 0 Å². The Morgan fingerprint density at radius 3 is 1.31 bits per heavy atom. The maximum absolute atomic E-state index is 10.3. The summed E-state index contributed by atoms with van der Waals surface area (Å²) in [6.07, 6.45) is 0. The summed E-state index contributed by atoms with van der Waals surface area (Å²) in [5, 5.41) is -7.94. The Bertz CT molecular complexity index is 5190. The van der Waals surface area contributed by atoms with Crippen LogP contribution in [-0.2, 0) is 0 Å². The van der Waals surface area contributed by atoms with Crippen molar-refractivity contribution in [1.82, 2.24) is 0 Å². The van der Waals surface area contributed by atoms with Crippen molar-refractivity contribution in [2.24, 2.45) is 0 Å². The topological polar surface area (TPSA) is 13.1 Å². The van der Waals surface area contributed by atoms with Gasteiger partial charge in [-0.1, -0.05) is 139 Å². The highest BCUT2D eigenvalue weighted by atomic mass is 16.3. The van der Waals surface area contributed by atoms with E-state index in [1.165, 1.54) is 0 Å². The number of fused-ring (bicyclic) bond motifs is 4. The molecule has 1 nitrogen and oxygen atoms in total. The van der Waals surface area contributed by atoms with Crippen molar-refractivity contribution in [3.05, 3.63) is 181 Å². The van der Waals surface area contributed by atoms with E-state index in [-0.39, 0.29) is 10.8 Å². The minimum atomic E-state index is -1.13. The molecule has 1 heterocycles. The molecule has 0 atom stereocenters. The van der Waals surface area contributed by atoms with Crippen LogP contribution in [-0.4, -0.2) is 0 Å². The first kappa shape index (κ1) is 13.0. The van der Waals surface area contributed by atoms with E-state index in [2.05, 4.69) is 0 Å². The summed E-state index contributed by atoms with van der Waals surface area (Å²) < 4.78 is 284. The standard InChI is InChI=1S/C54H30O/c1-2-6-38-30-50-48(28-37(38)5-1)47-29-39(19-24-49(47)55-50)40-25-41(43-20-15-35-13-11-31-7-3-9-33-17-22-45(43)53(35)51(31)33)27-42(26-40)44-21-16-36-14-12-32-8-4-10-34-18-23-46(44)54(36)52(32)34/h1-30H/i1D,2D,3D,4D,5D,6D,7D,8D,9D,10D,11D,12D,13D,14D,15D,16D,17D,18D,19D,20D,21D,22D,23D,24D,25D,26D,27D,28D,29D,30D. The van der Waals surface area contributed by atoms with Gasteiger partial charge >= 0.3 is 0 Å². The van der Waals surface area contributed by atoms with Gasteiger partial charge in [-0.15, -0.1) is 0 Å². The van der Waals surface area contributed by atoms with Gasteiger partial charge in [0.25, 0.3) is 0 Å². The molecule has 0 bridgehead atoms. The normalized spacial score (nSPS) is 20.0. The Labute approximate surface area is 358 Å². The number of rotatable bonds is 3. The first-order valence-electron chi connectivity index (χ1n) is 31.7. The van der Waals surface area contributed by atoms with Gasteiger partial charge < -0.3 is 4.42 Å². The summed E-state index contributed by atoms with van der Waals surface area (Å²) >= 11 is 0. The van der Waals surface area contributed by atoms with Crippen molar-refractivity contribution in [2.75, 3.05) is 0 Å². The lowest BCUT2D eigenvalue weighted by Gasteiger charge is -2.18. The Hall–Kier alpha value is -7.22. The van der Waals surface area contributed by atoms with Crippen LogP contribution in [0.3, 0.4) is 0 Å². The van der Waals surface area contributed by atoms with Crippen LogP contribution in [0.25, 0.3) is 131 Å². The Morgan fingerprint density at radius 2 is 0.727 bits per heavy atom. The SMILES string of the molecule is [2H]c1c(-c2c([2H])c([2H])c3oc4c([2H])c5c([2H])c([2H])c([2H])c([2H])c5c([2H])c4c3c2[2H])c([2H])c(-c2c([2H])c([2H])c3c([2H])c([2H])c4c([2H])c([2H])c([2H])c5c([2H])c([2H])c2c3c45)c([2H])c1-c1c([2H])c([2H])c2c([2H])c([2H])c3c([2H])c([2H])c([2H])c4c([2H])c([2H])c1c2c34. The second-order valence-electron chi connectivity index (χ2n) is 12.8. The molecular weight excluding hydrogens is 665 g/mol. The van der Waals surface area contributed by atoms with Gasteiger partial charge in [-0.3, -0.25) is 0 Å². The molecule has 0 aliphatic heterocycles. The molecule has 0 N–H and O–H groups in total. The molecule has 0 fully saturated rings. The molecule has 0 saturated carbocycles. The second-order valence-corrected chi connectivity index (χ2v) is 12.8. The monoisotopic (exact) mass is 724 g/mol.